The van der Waals surface area contributed by atoms with E-state index < -0.39 is 59.7 Å². The predicted octanol–water partition coefficient (Wildman–Crippen LogP) is 0.660. The number of benzene rings is 2. The largest absolute Gasteiger partial charge is 0.508 e. The molecule has 2 rings (SSSR count). The molecule has 0 saturated heterocycles. The molecule has 0 radical (unpaired) electrons. The van der Waals surface area contributed by atoms with E-state index in [4.69, 9.17) is 10.8 Å². The molecule has 13 nitrogen and oxygen atoms in total. The first-order valence-corrected chi connectivity index (χ1v) is 13.5. The van der Waals surface area contributed by atoms with Crippen LogP contribution in [0.4, 0.5) is 0 Å². The normalized spacial score (nSPS) is 14.5. The van der Waals surface area contributed by atoms with Crippen molar-refractivity contribution in [3.63, 3.8) is 0 Å². The van der Waals surface area contributed by atoms with Gasteiger partial charge in [-0.2, -0.15) is 0 Å². The molecule has 0 aromatic heterocycles. The summed E-state index contributed by atoms with van der Waals surface area (Å²) < 4.78 is 0. The molecule has 2 aromatic carbocycles. The Bertz CT molecular complexity index is 1230. The number of aliphatic carboxylic acids is 2. The van der Waals surface area contributed by atoms with Gasteiger partial charge < -0.3 is 42.1 Å². The third-order valence-corrected chi connectivity index (χ3v) is 6.80. The average Bonchev–Trinajstić information content (AvgIpc) is 2.95. The Morgan fingerprint density at radius 2 is 1.21 bits per heavy atom. The SMILES string of the molecule is CCC(C)C(NC(=O)C(Cc1ccc(O)cc1)NC(=O)C(N)CCC(=O)O)C(=O)NC(Cc1ccc(O)cc1)C(=O)O. The first-order valence-electron chi connectivity index (χ1n) is 13.5. The van der Waals surface area contributed by atoms with Crippen LogP contribution in [-0.2, 0) is 36.8 Å². The summed E-state index contributed by atoms with van der Waals surface area (Å²) in [5.41, 5.74) is 6.95. The van der Waals surface area contributed by atoms with Gasteiger partial charge in [-0.3, -0.25) is 19.2 Å². The fourth-order valence-electron chi connectivity index (χ4n) is 4.05. The second kappa shape index (κ2) is 16.0. The van der Waals surface area contributed by atoms with Gasteiger partial charge in [-0.1, -0.05) is 44.5 Å². The van der Waals surface area contributed by atoms with Crippen molar-refractivity contribution >= 4 is 29.7 Å². The van der Waals surface area contributed by atoms with E-state index in [1.165, 1.54) is 36.4 Å². The number of phenolic OH excluding ortho intramolecular Hbond substituents is 2. The Labute approximate surface area is 243 Å². The molecule has 13 heteroatoms. The summed E-state index contributed by atoms with van der Waals surface area (Å²) in [6, 6.07) is 6.83. The van der Waals surface area contributed by atoms with E-state index >= 15 is 0 Å². The summed E-state index contributed by atoms with van der Waals surface area (Å²) in [7, 11) is 0. The van der Waals surface area contributed by atoms with Crippen LogP contribution in [0.15, 0.2) is 48.5 Å². The molecular formula is C29H38N4O9. The van der Waals surface area contributed by atoms with E-state index in [-0.39, 0.29) is 37.2 Å². The zero-order chi connectivity index (χ0) is 31.4. The van der Waals surface area contributed by atoms with Crippen molar-refractivity contribution < 1.29 is 44.4 Å². The molecule has 42 heavy (non-hydrogen) atoms. The average molecular weight is 587 g/mol. The van der Waals surface area contributed by atoms with Crippen LogP contribution in [0, 0.1) is 5.92 Å². The summed E-state index contributed by atoms with van der Waals surface area (Å²) in [4.78, 5) is 62.4. The summed E-state index contributed by atoms with van der Waals surface area (Å²) in [5.74, 6) is -5.11. The van der Waals surface area contributed by atoms with Crippen LogP contribution in [0.25, 0.3) is 0 Å². The van der Waals surface area contributed by atoms with Gasteiger partial charge in [0.2, 0.25) is 17.7 Å². The second-order valence-electron chi connectivity index (χ2n) is 10.1. The first-order chi connectivity index (χ1) is 19.8. The van der Waals surface area contributed by atoms with Crippen molar-refractivity contribution in [1.29, 1.82) is 0 Å². The minimum atomic E-state index is -1.33. The maximum atomic E-state index is 13.5. The van der Waals surface area contributed by atoms with E-state index in [0.717, 1.165) is 0 Å². The van der Waals surface area contributed by atoms with Gasteiger partial charge in [-0.15, -0.1) is 0 Å². The Morgan fingerprint density at radius 1 is 0.738 bits per heavy atom. The van der Waals surface area contributed by atoms with E-state index in [1.54, 1.807) is 26.0 Å². The fourth-order valence-corrected chi connectivity index (χ4v) is 4.05. The number of rotatable bonds is 16. The summed E-state index contributed by atoms with van der Waals surface area (Å²) in [5, 5.41) is 45.3. The zero-order valence-corrected chi connectivity index (χ0v) is 23.4. The maximum Gasteiger partial charge on any atom is 0.326 e. The van der Waals surface area contributed by atoms with Crippen LogP contribution >= 0.6 is 0 Å². The molecule has 5 atom stereocenters. The second-order valence-corrected chi connectivity index (χ2v) is 10.1. The van der Waals surface area contributed by atoms with E-state index in [9.17, 15) is 39.3 Å². The number of carbonyl (C=O) groups is 5. The Kier molecular flexibility index (Phi) is 12.8. The molecule has 2 aromatic rings. The molecule has 3 amide bonds. The Hall–Kier alpha value is -4.65. The summed E-state index contributed by atoms with van der Waals surface area (Å²) in [6.45, 7) is 3.50. The monoisotopic (exact) mass is 586 g/mol. The molecular weight excluding hydrogens is 548 g/mol. The minimum absolute atomic E-state index is 0.00555. The summed E-state index contributed by atoms with van der Waals surface area (Å²) >= 11 is 0. The molecule has 9 N–H and O–H groups in total. The van der Waals surface area contributed by atoms with Crippen LogP contribution in [0.2, 0.25) is 0 Å². The van der Waals surface area contributed by atoms with Gasteiger partial charge in [-0.25, -0.2) is 4.79 Å². The van der Waals surface area contributed by atoms with Gasteiger partial charge in [0.15, 0.2) is 0 Å². The van der Waals surface area contributed by atoms with Crippen LogP contribution in [0.3, 0.4) is 0 Å². The molecule has 0 bridgehead atoms. The number of carboxylic acid groups (broad SMARTS) is 2. The van der Waals surface area contributed by atoms with Crippen LogP contribution < -0.4 is 21.7 Å². The van der Waals surface area contributed by atoms with Crippen molar-refractivity contribution in [2.24, 2.45) is 11.7 Å². The van der Waals surface area contributed by atoms with Crippen molar-refractivity contribution in [2.75, 3.05) is 0 Å². The van der Waals surface area contributed by atoms with Crippen molar-refractivity contribution in [3.8, 4) is 11.5 Å². The lowest BCUT2D eigenvalue weighted by molar-refractivity contribution is -0.142. The highest BCUT2D eigenvalue weighted by Gasteiger charge is 2.33. The standard InChI is InChI=1S/C29H38N4O9/c1-3-16(2)25(28(40)32-23(29(41)42)15-18-6-10-20(35)11-7-18)33-27(39)22(14-17-4-8-19(34)9-5-17)31-26(38)21(30)12-13-24(36)37/h4-11,16,21-23,25,34-35H,3,12-15,30H2,1-2H3,(H,31,38)(H,32,40)(H,33,39)(H,36,37)(H,41,42). The molecule has 0 fully saturated rings. The maximum absolute atomic E-state index is 13.5. The molecule has 228 valence electrons. The highest BCUT2D eigenvalue weighted by atomic mass is 16.4. The van der Waals surface area contributed by atoms with E-state index in [0.29, 0.717) is 17.5 Å². The van der Waals surface area contributed by atoms with Crippen molar-refractivity contribution in [3.05, 3.63) is 59.7 Å². The highest BCUT2D eigenvalue weighted by molar-refractivity contribution is 5.94. The number of hydrogen-bond donors (Lipinski definition) is 8. The van der Waals surface area contributed by atoms with Gasteiger partial charge in [-0.05, 0) is 47.7 Å². The fraction of sp³-hybridized carbons (Fsp3) is 0.414. The minimum Gasteiger partial charge on any atom is -0.508 e. The molecule has 0 spiro atoms. The van der Waals surface area contributed by atoms with Crippen LogP contribution in [0.1, 0.15) is 44.2 Å². The molecule has 5 unspecified atom stereocenters. The molecule has 0 heterocycles. The smallest absolute Gasteiger partial charge is 0.326 e. The van der Waals surface area contributed by atoms with E-state index in [1.807, 2.05) is 0 Å². The highest BCUT2D eigenvalue weighted by Crippen LogP contribution is 2.15. The zero-order valence-electron chi connectivity index (χ0n) is 23.4. The van der Waals surface area contributed by atoms with Crippen LogP contribution in [-0.4, -0.2) is 74.3 Å². The number of hydrogen-bond acceptors (Lipinski definition) is 8. The number of amides is 3. The van der Waals surface area contributed by atoms with Crippen LogP contribution in [0.5, 0.6) is 11.5 Å². The van der Waals surface area contributed by atoms with Gasteiger partial charge >= 0.3 is 11.9 Å². The predicted molar refractivity (Wildman–Crippen MR) is 151 cm³/mol. The van der Waals surface area contributed by atoms with Crippen molar-refractivity contribution in [2.45, 2.75) is 70.1 Å². The lowest BCUT2D eigenvalue weighted by Gasteiger charge is -2.28. The summed E-state index contributed by atoms with van der Waals surface area (Å²) in [6.07, 6.45) is -0.185. The number of nitrogens with two attached hydrogens (primary N) is 1. The lowest BCUT2D eigenvalue weighted by atomic mass is 9.96. The molecule has 0 aliphatic carbocycles. The van der Waals surface area contributed by atoms with Crippen molar-refractivity contribution in [1.82, 2.24) is 16.0 Å². The number of carbonyl (C=O) groups excluding carboxylic acids is 3. The topological polar surface area (TPSA) is 228 Å². The molecule has 0 saturated carbocycles. The van der Waals surface area contributed by atoms with Gasteiger partial charge in [0.05, 0.1) is 6.04 Å². The van der Waals surface area contributed by atoms with Gasteiger partial charge in [0.25, 0.3) is 0 Å². The Balaban J connectivity index is 2.25. The molecule has 0 aliphatic rings. The quantitative estimate of drug-likeness (QED) is 0.137. The third-order valence-electron chi connectivity index (χ3n) is 6.80. The lowest BCUT2D eigenvalue weighted by Crippen LogP contribution is -2.59. The number of aromatic hydroxyl groups is 2. The number of phenols is 2. The number of carboxylic acids is 2. The third kappa shape index (κ3) is 10.7. The first kappa shape index (κ1) is 33.6. The molecule has 0 aliphatic heterocycles. The van der Waals surface area contributed by atoms with Gasteiger partial charge in [0, 0.05) is 19.3 Å². The van der Waals surface area contributed by atoms with E-state index in [2.05, 4.69) is 16.0 Å². The van der Waals surface area contributed by atoms with Gasteiger partial charge in [0.1, 0.15) is 29.6 Å². The Morgan fingerprint density at radius 3 is 1.67 bits per heavy atom. The number of nitrogens with one attached hydrogen (secondary N) is 3.